The van der Waals surface area contributed by atoms with Crippen molar-refractivity contribution >= 4 is 39.8 Å². The van der Waals surface area contributed by atoms with Gasteiger partial charge in [0.25, 0.3) is 11.8 Å². The van der Waals surface area contributed by atoms with Crippen LogP contribution in [-0.2, 0) is 13.0 Å². The van der Waals surface area contributed by atoms with Crippen LogP contribution in [0.15, 0.2) is 36.5 Å². The van der Waals surface area contributed by atoms with Crippen molar-refractivity contribution in [1.82, 2.24) is 15.3 Å². The van der Waals surface area contributed by atoms with E-state index in [9.17, 15) is 14.7 Å². The van der Waals surface area contributed by atoms with Crippen LogP contribution in [0, 0.1) is 0 Å². The molecule has 2 aromatic heterocycles. The van der Waals surface area contributed by atoms with Crippen LogP contribution in [0.4, 0.5) is 21.3 Å². The second kappa shape index (κ2) is 11.2. The number of para-hydroxylation sites is 1. The van der Waals surface area contributed by atoms with Gasteiger partial charge in [0.2, 0.25) is 0 Å². The third-order valence-electron chi connectivity index (χ3n) is 5.61. The quantitative estimate of drug-likeness (QED) is 0.362. The molecule has 11 nitrogen and oxygen atoms in total. The van der Waals surface area contributed by atoms with Gasteiger partial charge in [0, 0.05) is 30.0 Å². The first-order chi connectivity index (χ1) is 17.4. The summed E-state index contributed by atoms with van der Waals surface area (Å²) in [6, 6.07) is 7.65. The highest BCUT2D eigenvalue weighted by Crippen LogP contribution is 2.34. The molecule has 4 N–H and O–H groups in total. The zero-order chi connectivity index (χ0) is 25.7. The van der Waals surface area contributed by atoms with E-state index in [1.54, 1.807) is 51.6 Å². The van der Waals surface area contributed by atoms with Crippen molar-refractivity contribution in [2.75, 3.05) is 42.9 Å². The standard InChI is InChI=1S/C24H28N6O5S/c1-14(13-31)26-21(32)16-6-4-5-7-17(16)27-23(33)29-24-28-18-8-9-30(12-20(18)36-24)15-10-19(34-2)22(35-3)25-11-15/h4-7,10-11,14,31H,8-9,12-13H2,1-3H3,(H,26,32)(H2,27,28,29,33). The zero-order valence-corrected chi connectivity index (χ0v) is 21.0. The molecule has 0 saturated heterocycles. The Hall–Kier alpha value is -3.90. The lowest BCUT2D eigenvalue weighted by atomic mass is 10.1. The minimum atomic E-state index is -0.502. The predicted molar refractivity (Wildman–Crippen MR) is 137 cm³/mol. The summed E-state index contributed by atoms with van der Waals surface area (Å²) < 4.78 is 10.6. The summed E-state index contributed by atoms with van der Waals surface area (Å²) in [5, 5.41) is 17.8. The Balaban J connectivity index is 1.42. The molecule has 190 valence electrons. The van der Waals surface area contributed by atoms with Gasteiger partial charge in [0.15, 0.2) is 10.9 Å². The number of ether oxygens (including phenoxy) is 2. The van der Waals surface area contributed by atoms with Crippen LogP contribution >= 0.6 is 11.3 Å². The molecule has 0 radical (unpaired) electrons. The van der Waals surface area contributed by atoms with Crippen LogP contribution in [0.5, 0.6) is 11.6 Å². The molecule has 1 atom stereocenters. The number of amides is 3. The molecule has 4 rings (SSSR count). The van der Waals surface area contributed by atoms with Gasteiger partial charge in [-0.15, -0.1) is 0 Å². The molecule has 1 aromatic carbocycles. The number of methoxy groups -OCH3 is 2. The number of carbonyl (C=O) groups excluding carboxylic acids is 2. The van der Waals surface area contributed by atoms with E-state index in [1.165, 1.54) is 11.3 Å². The van der Waals surface area contributed by atoms with E-state index in [1.807, 2.05) is 6.07 Å². The van der Waals surface area contributed by atoms with Gasteiger partial charge in [0.1, 0.15) is 0 Å². The number of carbonyl (C=O) groups is 2. The Bertz CT molecular complexity index is 1250. The largest absolute Gasteiger partial charge is 0.491 e. The summed E-state index contributed by atoms with van der Waals surface area (Å²) in [5.41, 5.74) is 2.50. The average Bonchev–Trinajstić information content (AvgIpc) is 3.29. The average molecular weight is 513 g/mol. The number of hydrogen-bond acceptors (Lipinski definition) is 9. The van der Waals surface area contributed by atoms with Crippen LogP contribution < -0.4 is 30.3 Å². The van der Waals surface area contributed by atoms with E-state index in [0.717, 1.165) is 29.2 Å². The van der Waals surface area contributed by atoms with Gasteiger partial charge < -0.3 is 30.1 Å². The highest BCUT2D eigenvalue weighted by atomic mass is 32.1. The highest BCUT2D eigenvalue weighted by molar-refractivity contribution is 7.15. The Labute approximate surface area is 212 Å². The molecule has 0 aliphatic carbocycles. The maximum Gasteiger partial charge on any atom is 0.325 e. The fourth-order valence-electron chi connectivity index (χ4n) is 3.75. The SMILES string of the molecule is COc1cc(N2CCc3nc(NC(=O)Nc4ccccc4C(=O)NC(C)CO)sc3C2)cnc1OC. The Kier molecular flexibility index (Phi) is 7.86. The molecule has 1 aliphatic heterocycles. The predicted octanol–water partition coefficient (Wildman–Crippen LogP) is 2.87. The van der Waals surface area contributed by atoms with Gasteiger partial charge in [-0.05, 0) is 19.1 Å². The van der Waals surface area contributed by atoms with E-state index >= 15 is 0 Å². The molecule has 0 spiro atoms. The molecule has 3 aromatic rings. The van der Waals surface area contributed by atoms with Crippen molar-refractivity contribution in [2.45, 2.75) is 25.9 Å². The molecule has 12 heteroatoms. The number of fused-ring (bicyclic) bond motifs is 1. The van der Waals surface area contributed by atoms with E-state index < -0.39 is 12.1 Å². The van der Waals surface area contributed by atoms with Crippen LogP contribution in [0.1, 0.15) is 27.9 Å². The van der Waals surface area contributed by atoms with Gasteiger partial charge in [-0.3, -0.25) is 10.1 Å². The van der Waals surface area contributed by atoms with Crippen molar-refractivity contribution in [2.24, 2.45) is 0 Å². The molecule has 1 unspecified atom stereocenters. The fraction of sp³-hybridized carbons (Fsp3) is 0.333. The molecule has 0 fully saturated rings. The molecular formula is C24H28N6O5S. The van der Waals surface area contributed by atoms with Crippen LogP contribution in [0.2, 0.25) is 0 Å². The monoisotopic (exact) mass is 512 g/mol. The lowest BCUT2D eigenvalue weighted by Gasteiger charge is -2.28. The van der Waals surface area contributed by atoms with Crippen LogP contribution in [-0.4, -0.2) is 60.4 Å². The summed E-state index contributed by atoms with van der Waals surface area (Å²) in [5.74, 6) is 0.599. The van der Waals surface area contributed by atoms with E-state index in [-0.39, 0.29) is 12.5 Å². The molecule has 0 bridgehead atoms. The number of nitrogens with one attached hydrogen (secondary N) is 3. The lowest BCUT2D eigenvalue weighted by Crippen LogP contribution is -2.35. The molecule has 1 aliphatic rings. The number of nitrogens with zero attached hydrogens (tertiary/aromatic N) is 3. The number of aliphatic hydroxyl groups excluding tert-OH is 1. The fourth-order valence-corrected chi connectivity index (χ4v) is 4.77. The smallest absolute Gasteiger partial charge is 0.325 e. The van der Waals surface area contributed by atoms with E-state index in [2.05, 4.69) is 30.8 Å². The zero-order valence-electron chi connectivity index (χ0n) is 20.2. The third-order valence-corrected chi connectivity index (χ3v) is 6.60. The first-order valence-electron chi connectivity index (χ1n) is 11.3. The van der Waals surface area contributed by atoms with Crippen molar-refractivity contribution in [3.63, 3.8) is 0 Å². The van der Waals surface area contributed by atoms with Gasteiger partial charge in [-0.1, -0.05) is 23.5 Å². The number of hydrogen-bond donors (Lipinski definition) is 4. The minimum absolute atomic E-state index is 0.184. The Morgan fingerprint density at radius 3 is 2.78 bits per heavy atom. The molecule has 0 saturated carbocycles. The topological polar surface area (TPSA) is 138 Å². The summed E-state index contributed by atoms with van der Waals surface area (Å²) >= 11 is 1.40. The van der Waals surface area contributed by atoms with Crippen molar-refractivity contribution in [3.05, 3.63) is 52.7 Å². The van der Waals surface area contributed by atoms with E-state index in [0.29, 0.717) is 34.6 Å². The second-order valence-electron chi connectivity index (χ2n) is 8.15. The van der Waals surface area contributed by atoms with Gasteiger partial charge >= 0.3 is 6.03 Å². The Morgan fingerprint density at radius 2 is 2.03 bits per heavy atom. The lowest BCUT2D eigenvalue weighted by molar-refractivity contribution is 0.0923. The number of rotatable bonds is 8. The number of aliphatic hydroxyl groups is 1. The maximum absolute atomic E-state index is 12.7. The normalized spacial score (nSPS) is 13.4. The number of pyridine rings is 1. The summed E-state index contributed by atoms with van der Waals surface area (Å²) in [4.78, 5) is 37.3. The number of benzene rings is 1. The first kappa shape index (κ1) is 25.2. The molecule has 3 heterocycles. The molecule has 3 amide bonds. The van der Waals surface area contributed by atoms with Gasteiger partial charge in [-0.2, -0.15) is 0 Å². The van der Waals surface area contributed by atoms with Gasteiger partial charge in [0.05, 0.1) is 56.2 Å². The number of thiazole rings is 1. The van der Waals surface area contributed by atoms with Crippen LogP contribution in [0.3, 0.4) is 0 Å². The van der Waals surface area contributed by atoms with E-state index in [4.69, 9.17) is 9.47 Å². The van der Waals surface area contributed by atoms with Crippen molar-refractivity contribution in [3.8, 4) is 11.6 Å². The number of urea groups is 1. The molecule has 36 heavy (non-hydrogen) atoms. The second-order valence-corrected chi connectivity index (χ2v) is 9.23. The Morgan fingerprint density at radius 1 is 1.22 bits per heavy atom. The summed E-state index contributed by atoms with van der Waals surface area (Å²) in [7, 11) is 3.12. The van der Waals surface area contributed by atoms with Crippen molar-refractivity contribution in [1.29, 1.82) is 0 Å². The van der Waals surface area contributed by atoms with Crippen LogP contribution in [0.25, 0.3) is 0 Å². The third kappa shape index (κ3) is 5.66. The number of anilines is 3. The maximum atomic E-state index is 12.7. The van der Waals surface area contributed by atoms with Gasteiger partial charge in [-0.25, -0.2) is 14.8 Å². The summed E-state index contributed by atoms with van der Waals surface area (Å²) in [6.07, 6.45) is 2.46. The summed E-state index contributed by atoms with van der Waals surface area (Å²) in [6.45, 7) is 2.87. The molecular weight excluding hydrogens is 484 g/mol. The first-order valence-corrected chi connectivity index (χ1v) is 12.1. The van der Waals surface area contributed by atoms with Crippen molar-refractivity contribution < 1.29 is 24.2 Å². The number of aromatic nitrogens is 2. The highest BCUT2D eigenvalue weighted by Gasteiger charge is 2.23. The minimum Gasteiger partial charge on any atom is -0.491 e.